The summed E-state index contributed by atoms with van der Waals surface area (Å²) >= 11 is 0. The molecule has 1 heterocycles. The number of ether oxygens (including phenoxy) is 1. The monoisotopic (exact) mass is 269 g/mol. The SMILES string of the molecule is CN(CC1CCCCO1)S(=O)(=O)c1ccccc1. The fourth-order valence-electron chi connectivity index (χ4n) is 2.11. The van der Waals surface area contributed by atoms with Crippen LogP contribution in [0.5, 0.6) is 0 Å². The van der Waals surface area contributed by atoms with Crippen LogP contribution in [-0.2, 0) is 14.8 Å². The Labute approximate surface area is 109 Å². The van der Waals surface area contributed by atoms with E-state index < -0.39 is 10.0 Å². The highest BCUT2D eigenvalue weighted by atomic mass is 32.2. The van der Waals surface area contributed by atoms with E-state index in [0.717, 1.165) is 25.9 Å². The number of likely N-dealkylation sites (N-methyl/N-ethyl adjacent to an activating group) is 1. The Hall–Kier alpha value is -0.910. The van der Waals surface area contributed by atoms with Gasteiger partial charge < -0.3 is 4.74 Å². The van der Waals surface area contributed by atoms with Crippen molar-refractivity contribution in [3.63, 3.8) is 0 Å². The third-order valence-corrected chi connectivity index (χ3v) is 5.02. The Morgan fingerprint density at radius 1 is 1.28 bits per heavy atom. The highest BCUT2D eigenvalue weighted by Gasteiger charge is 2.24. The van der Waals surface area contributed by atoms with E-state index >= 15 is 0 Å². The lowest BCUT2D eigenvalue weighted by molar-refractivity contribution is 0.00858. The number of sulfonamides is 1. The van der Waals surface area contributed by atoms with Gasteiger partial charge in [-0.15, -0.1) is 0 Å². The first-order chi connectivity index (χ1) is 8.60. The molecule has 2 rings (SSSR count). The molecular weight excluding hydrogens is 250 g/mol. The molecule has 1 atom stereocenters. The second-order valence-electron chi connectivity index (χ2n) is 4.59. The molecule has 18 heavy (non-hydrogen) atoms. The summed E-state index contributed by atoms with van der Waals surface area (Å²) in [6.45, 7) is 1.17. The summed E-state index contributed by atoms with van der Waals surface area (Å²) in [4.78, 5) is 0.336. The highest BCUT2D eigenvalue weighted by Crippen LogP contribution is 2.18. The second kappa shape index (κ2) is 5.82. The minimum absolute atomic E-state index is 0.0298. The predicted octanol–water partition coefficient (Wildman–Crippen LogP) is 1.88. The first kappa shape index (κ1) is 13.5. The molecular formula is C13H19NO3S. The van der Waals surface area contributed by atoms with E-state index in [2.05, 4.69) is 0 Å². The molecule has 0 radical (unpaired) electrons. The second-order valence-corrected chi connectivity index (χ2v) is 6.63. The van der Waals surface area contributed by atoms with Gasteiger partial charge >= 0.3 is 0 Å². The molecule has 4 nitrogen and oxygen atoms in total. The van der Waals surface area contributed by atoms with Crippen molar-refractivity contribution in [2.75, 3.05) is 20.2 Å². The topological polar surface area (TPSA) is 46.6 Å². The lowest BCUT2D eigenvalue weighted by Gasteiger charge is -2.27. The van der Waals surface area contributed by atoms with Crippen LogP contribution in [0.3, 0.4) is 0 Å². The van der Waals surface area contributed by atoms with Crippen LogP contribution < -0.4 is 0 Å². The van der Waals surface area contributed by atoms with Gasteiger partial charge in [0.25, 0.3) is 0 Å². The number of hydrogen-bond donors (Lipinski definition) is 0. The smallest absolute Gasteiger partial charge is 0.242 e. The molecule has 0 amide bonds. The van der Waals surface area contributed by atoms with Gasteiger partial charge in [-0.3, -0.25) is 0 Å². The van der Waals surface area contributed by atoms with Gasteiger partial charge in [-0.1, -0.05) is 18.2 Å². The van der Waals surface area contributed by atoms with Crippen molar-refractivity contribution in [1.82, 2.24) is 4.31 Å². The van der Waals surface area contributed by atoms with E-state index in [1.54, 1.807) is 31.3 Å². The molecule has 1 aromatic rings. The lowest BCUT2D eigenvalue weighted by Crippen LogP contribution is -2.37. The number of rotatable bonds is 4. The van der Waals surface area contributed by atoms with Gasteiger partial charge in [-0.05, 0) is 31.4 Å². The average molecular weight is 269 g/mol. The van der Waals surface area contributed by atoms with Gasteiger partial charge in [-0.2, -0.15) is 4.31 Å². The molecule has 1 aliphatic rings. The zero-order valence-electron chi connectivity index (χ0n) is 10.6. The molecule has 5 heteroatoms. The zero-order valence-corrected chi connectivity index (χ0v) is 11.4. The van der Waals surface area contributed by atoms with Gasteiger partial charge in [0.05, 0.1) is 11.0 Å². The molecule has 1 saturated heterocycles. The van der Waals surface area contributed by atoms with Crippen molar-refractivity contribution < 1.29 is 13.2 Å². The molecule has 0 saturated carbocycles. The van der Waals surface area contributed by atoms with Crippen LogP contribution in [0.2, 0.25) is 0 Å². The van der Waals surface area contributed by atoms with Crippen LogP contribution in [0.1, 0.15) is 19.3 Å². The highest BCUT2D eigenvalue weighted by molar-refractivity contribution is 7.89. The zero-order chi connectivity index (χ0) is 13.0. The maximum absolute atomic E-state index is 12.3. The minimum Gasteiger partial charge on any atom is -0.377 e. The van der Waals surface area contributed by atoms with Crippen LogP contribution in [0.15, 0.2) is 35.2 Å². The fraction of sp³-hybridized carbons (Fsp3) is 0.538. The van der Waals surface area contributed by atoms with Crippen LogP contribution >= 0.6 is 0 Å². The first-order valence-electron chi connectivity index (χ1n) is 6.24. The molecule has 1 fully saturated rings. The lowest BCUT2D eigenvalue weighted by atomic mass is 10.1. The van der Waals surface area contributed by atoms with Crippen molar-refractivity contribution in [2.24, 2.45) is 0 Å². The van der Waals surface area contributed by atoms with E-state index in [-0.39, 0.29) is 6.10 Å². The van der Waals surface area contributed by atoms with Crippen molar-refractivity contribution in [2.45, 2.75) is 30.3 Å². The molecule has 100 valence electrons. The number of hydrogen-bond acceptors (Lipinski definition) is 3. The Balaban J connectivity index is 2.05. The van der Waals surface area contributed by atoms with Gasteiger partial charge in [0.15, 0.2) is 0 Å². The van der Waals surface area contributed by atoms with Crippen molar-refractivity contribution >= 4 is 10.0 Å². The van der Waals surface area contributed by atoms with Gasteiger partial charge in [-0.25, -0.2) is 8.42 Å². The third-order valence-electron chi connectivity index (χ3n) is 3.19. The predicted molar refractivity (Wildman–Crippen MR) is 69.8 cm³/mol. The maximum Gasteiger partial charge on any atom is 0.242 e. The standard InChI is InChI=1S/C13H19NO3S/c1-14(11-12-7-5-6-10-17-12)18(15,16)13-8-3-2-4-9-13/h2-4,8-9,12H,5-7,10-11H2,1H3. The quantitative estimate of drug-likeness (QED) is 0.838. The molecule has 0 aliphatic carbocycles. The molecule has 0 N–H and O–H groups in total. The Morgan fingerprint density at radius 3 is 2.61 bits per heavy atom. The third kappa shape index (κ3) is 3.10. The van der Waals surface area contributed by atoms with E-state index in [1.165, 1.54) is 4.31 Å². The van der Waals surface area contributed by atoms with Crippen molar-refractivity contribution in [1.29, 1.82) is 0 Å². The summed E-state index contributed by atoms with van der Waals surface area (Å²) in [6, 6.07) is 8.51. The molecule has 1 unspecified atom stereocenters. The van der Waals surface area contributed by atoms with Crippen LogP contribution in [0.4, 0.5) is 0 Å². The van der Waals surface area contributed by atoms with Crippen LogP contribution in [0.25, 0.3) is 0 Å². The minimum atomic E-state index is -3.39. The van der Waals surface area contributed by atoms with Crippen molar-refractivity contribution in [3.05, 3.63) is 30.3 Å². The van der Waals surface area contributed by atoms with Gasteiger partial charge in [0.2, 0.25) is 10.0 Å². The summed E-state index contributed by atoms with van der Waals surface area (Å²) in [6.07, 6.45) is 3.16. The normalized spacial score (nSPS) is 21.1. The van der Waals surface area contributed by atoms with Crippen LogP contribution in [0, 0.1) is 0 Å². The molecule has 1 aliphatic heterocycles. The maximum atomic E-state index is 12.3. The summed E-state index contributed by atoms with van der Waals surface area (Å²) in [5.41, 5.74) is 0. The Kier molecular flexibility index (Phi) is 4.37. The number of benzene rings is 1. The fourth-order valence-corrected chi connectivity index (χ4v) is 3.33. The molecule has 0 spiro atoms. The van der Waals surface area contributed by atoms with E-state index in [0.29, 0.717) is 11.4 Å². The van der Waals surface area contributed by atoms with Crippen molar-refractivity contribution in [3.8, 4) is 0 Å². The molecule has 1 aromatic carbocycles. The molecule has 0 aromatic heterocycles. The summed E-state index contributed by atoms with van der Waals surface area (Å²) in [7, 11) is -1.77. The van der Waals surface area contributed by atoms with E-state index in [4.69, 9.17) is 4.74 Å². The Morgan fingerprint density at radius 2 is 2.00 bits per heavy atom. The average Bonchev–Trinajstić information content (AvgIpc) is 2.41. The molecule has 0 bridgehead atoms. The van der Waals surface area contributed by atoms with Gasteiger partial charge in [0, 0.05) is 20.2 Å². The van der Waals surface area contributed by atoms with Gasteiger partial charge in [0.1, 0.15) is 0 Å². The first-order valence-corrected chi connectivity index (χ1v) is 7.68. The number of nitrogens with zero attached hydrogens (tertiary/aromatic N) is 1. The van der Waals surface area contributed by atoms with E-state index in [9.17, 15) is 8.42 Å². The summed E-state index contributed by atoms with van der Waals surface area (Å²) in [5.74, 6) is 0. The summed E-state index contributed by atoms with van der Waals surface area (Å²) in [5, 5.41) is 0. The Bertz CT molecular complexity index is 466. The largest absolute Gasteiger partial charge is 0.377 e. The summed E-state index contributed by atoms with van der Waals surface area (Å²) < 4.78 is 31.5. The van der Waals surface area contributed by atoms with Crippen LogP contribution in [-0.4, -0.2) is 39.0 Å². The van der Waals surface area contributed by atoms with E-state index in [1.807, 2.05) is 6.07 Å².